The highest BCUT2D eigenvalue weighted by Crippen LogP contribution is 2.20. The molecular formula is C14H19N3O. The van der Waals surface area contributed by atoms with Gasteiger partial charge in [0.15, 0.2) is 0 Å². The Hall–Kier alpha value is -1.39. The molecule has 1 aromatic heterocycles. The van der Waals surface area contributed by atoms with Crippen LogP contribution in [0.15, 0.2) is 24.3 Å². The second-order valence-corrected chi connectivity index (χ2v) is 5.13. The van der Waals surface area contributed by atoms with E-state index in [1.807, 2.05) is 23.9 Å². The average molecular weight is 245 g/mol. The Labute approximate surface area is 107 Å². The van der Waals surface area contributed by atoms with Crippen LogP contribution in [-0.2, 0) is 13.5 Å². The zero-order chi connectivity index (χ0) is 12.5. The van der Waals surface area contributed by atoms with Gasteiger partial charge >= 0.3 is 0 Å². The van der Waals surface area contributed by atoms with Crippen LogP contribution in [0.2, 0.25) is 0 Å². The molecule has 0 spiro atoms. The Balaban J connectivity index is 1.72. The largest absolute Gasteiger partial charge is 0.391 e. The molecule has 0 bridgehead atoms. The summed E-state index contributed by atoms with van der Waals surface area (Å²) >= 11 is 0. The molecule has 3 rings (SSSR count). The fraction of sp³-hybridized carbons (Fsp3) is 0.500. The quantitative estimate of drug-likeness (QED) is 0.833. The maximum absolute atomic E-state index is 10.0. The number of benzene rings is 1. The lowest BCUT2D eigenvalue weighted by Gasteiger charge is -2.09. The highest BCUT2D eigenvalue weighted by molar-refractivity contribution is 5.81. The predicted molar refractivity (Wildman–Crippen MR) is 71.4 cm³/mol. The minimum atomic E-state index is -0.357. The van der Waals surface area contributed by atoms with Crippen molar-refractivity contribution < 1.29 is 5.11 Å². The van der Waals surface area contributed by atoms with E-state index in [4.69, 9.17) is 0 Å². The molecule has 0 aliphatic heterocycles. The lowest BCUT2D eigenvalue weighted by atomic mass is 10.1. The van der Waals surface area contributed by atoms with Crippen molar-refractivity contribution in [3.63, 3.8) is 0 Å². The van der Waals surface area contributed by atoms with Crippen molar-refractivity contribution in [3.05, 3.63) is 30.0 Å². The minimum Gasteiger partial charge on any atom is -0.391 e. The summed E-state index contributed by atoms with van der Waals surface area (Å²) in [6.07, 6.45) is 2.75. The van der Waals surface area contributed by atoms with Gasteiger partial charge in [-0.1, -0.05) is 18.2 Å². The predicted octanol–water partition coefficient (Wildman–Crippen LogP) is 1.23. The minimum absolute atomic E-state index is 0.357. The fourth-order valence-electron chi connectivity index (χ4n) is 2.32. The molecule has 4 heteroatoms. The molecule has 1 aliphatic rings. The van der Waals surface area contributed by atoms with Gasteiger partial charge in [-0.15, -0.1) is 0 Å². The Morgan fingerprint density at radius 2 is 2.22 bits per heavy atom. The van der Waals surface area contributed by atoms with Crippen molar-refractivity contribution in [2.75, 3.05) is 6.54 Å². The normalized spacial score (nSPS) is 17.2. The van der Waals surface area contributed by atoms with Gasteiger partial charge in [-0.25, -0.2) is 0 Å². The summed E-state index contributed by atoms with van der Waals surface area (Å²) in [7, 11) is 1.95. The van der Waals surface area contributed by atoms with Crippen LogP contribution in [0.4, 0.5) is 0 Å². The lowest BCUT2D eigenvalue weighted by Crippen LogP contribution is -2.30. The van der Waals surface area contributed by atoms with E-state index in [9.17, 15) is 5.11 Å². The Kier molecular flexibility index (Phi) is 3.06. The van der Waals surface area contributed by atoms with Crippen molar-refractivity contribution >= 4 is 10.9 Å². The van der Waals surface area contributed by atoms with Gasteiger partial charge in [0, 0.05) is 31.4 Å². The van der Waals surface area contributed by atoms with Gasteiger partial charge in [0.1, 0.15) is 0 Å². The van der Waals surface area contributed by atoms with Crippen molar-refractivity contribution in [3.8, 4) is 0 Å². The molecule has 1 aromatic carbocycles. The van der Waals surface area contributed by atoms with Crippen LogP contribution in [0.3, 0.4) is 0 Å². The molecule has 1 fully saturated rings. The summed E-state index contributed by atoms with van der Waals surface area (Å²) in [4.78, 5) is 0. The second-order valence-electron chi connectivity index (χ2n) is 5.13. The third kappa shape index (κ3) is 2.40. The van der Waals surface area contributed by atoms with Gasteiger partial charge in [-0.05, 0) is 18.9 Å². The topological polar surface area (TPSA) is 50.1 Å². The average Bonchev–Trinajstić information content (AvgIpc) is 3.15. The molecule has 1 aliphatic carbocycles. The van der Waals surface area contributed by atoms with E-state index < -0.39 is 0 Å². The first-order chi connectivity index (χ1) is 8.74. The standard InChI is InChI=1S/C14H19N3O/c1-17-14-5-3-2-4-12(14)13(16-17)8-11(18)9-15-10-6-7-10/h2-5,10-11,15,18H,6-9H2,1H3. The van der Waals surface area contributed by atoms with Crippen LogP contribution < -0.4 is 5.32 Å². The van der Waals surface area contributed by atoms with Gasteiger partial charge in [0.25, 0.3) is 0 Å². The van der Waals surface area contributed by atoms with Crippen LogP contribution in [0.25, 0.3) is 10.9 Å². The zero-order valence-electron chi connectivity index (χ0n) is 10.6. The molecule has 96 valence electrons. The molecular weight excluding hydrogens is 226 g/mol. The number of aliphatic hydroxyl groups is 1. The van der Waals surface area contributed by atoms with Crippen molar-refractivity contribution in [1.29, 1.82) is 0 Å². The Morgan fingerprint density at radius 1 is 1.44 bits per heavy atom. The molecule has 0 saturated heterocycles. The molecule has 4 nitrogen and oxygen atoms in total. The van der Waals surface area contributed by atoms with E-state index in [1.165, 1.54) is 12.8 Å². The molecule has 2 N–H and O–H groups in total. The number of hydrogen-bond acceptors (Lipinski definition) is 3. The first kappa shape index (κ1) is 11.7. The van der Waals surface area contributed by atoms with Crippen molar-refractivity contribution in [2.45, 2.75) is 31.4 Å². The maximum atomic E-state index is 10.0. The molecule has 1 atom stereocenters. The Morgan fingerprint density at radius 3 is 3.00 bits per heavy atom. The van der Waals surface area contributed by atoms with E-state index in [1.54, 1.807) is 0 Å². The fourth-order valence-corrected chi connectivity index (χ4v) is 2.32. The third-order valence-corrected chi connectivity index (χ3v) is 3.48. The monoisotopic (exact) mass is 245 g/mol. The number of hydrogen-bond donors (Lipinski definition) is 2. The van der Waals surface area contributed by atoms with Crippen molar-refractivity contribution in [2.24, 2.45) is 7.05 Å². The highest BCUT2D eigenvalue weighted by atomic mass is 16.3. The number of aliphatic hydroxyl groups excluding tert-OH is 1. The highest BCUT2D eigenvalue weighted by Gasteiger charge is 2.22. The first-order valence-electron chi connectivity index (χ1n) is 6.56. The summed E-state index contributed by atoms with van der Waals surface area (Å²) in [6, 6.07) is 8.79. The number of fused-ring (bicyclic) bond motifs is 1. The molecule has 2 aromatic rings. The number of aryl methyl sites for hydroxylation is 1. The van der Waals surface area contributed by atoms with E-state index >= 15 is 0 Å². The first-order valence-corrected chi connectivity index (χ1v) is 6.56. The summed E-state index contributed by atoms with van der Waals surface area (Å²) in [5.74, 6) is 0. The summed E-state index contributed by atoms with van der Waals surface area (Å²) in [5.41, 5.74) is 2.10. The van der Waals surface area contributed by atoms with Crippen LogP contribution >= 0.6 is 0 Å². The molecule has 1 heterocycles. The van der Waals surface area contributed by atoms with Crippen molar-refractivity contribution in [1.82, 2.24) is 15.1 Å². The van der Waals surface area contributed by atoms with Crippen LogP contribution in [0.5, 0.6) is 0 Å². The Bertz CT molecular complexity index is 545. The molecule has 1 unspecified atom stereocenters. The maximum Gasteiger partial charge on any atom is 0.0729 e. The second kappa shape index (κ2) is 4.71. The number of nitrogens with zero attached hydrogens (tertiary/aromatic N) is 2. The van der Waals surface area contributed by atoms with Gasteiger partial charge in [-0.2, -0.15) is 5.10 Å². The summed E-state index contributed by atoms with van der Waals surface area (Å²) in [6.45, 7) is 0.662. The van der Waals surface area contributed by atoms with E-state index in [0.717, 1.165) is 16.6 Å². The van der Waals surface area contributed by atoms with E-state index in [-0.39, 0.29) is 6.10 Å². The number of aromatic nitrogens is 2. The van der Waals surface area contributed by atoms with Gasteiger partial charge in [0.05, 0.1) is 17.3 Å². The van der Waals surface area contributed by atoms with Crippen LogP contribution in [0, 0.1) is 0 Å². The zero-order valence-corrected chi connectivity index (χ0v) is 10.6. The summed E-state index contributed by atoms with van der Waals surface area (Å²) < 4.78 is 1.88. The van der Waals surface area contributed by atoms with Gasteiger partial charge in [-0.3, -0.25) is 4.68 Å². The van der Waals surface area contributed by atoms with Gasteiger partial charge in [0.2, 0.25) is 0 Å². The van der Waals surface area contributed by atoms with Gasteiger partial charge < -0.3 is 10.4 Å². The summed E-state index contributed by atoms with van der Waals surface area (Å²) in [5, 5.41) is 19.0. The van der Waals surface area contributed by atoms with E-state index in [2.05, 4.69) is 22.5 Å². The lowest BCUT2D eigenvalue weighted by molar-refractivity contribution is 0.170. The number of rotatable bonds is 5. The molecule has 18 heavy (non-hydrogen) atoms. The van der Waals surface area contributed by atoms with Crippen LogP contribution in [0.1, 0.15) is 18.5 Å². The molecule has 0 radical (unpaired) electrons. The molecule has 1 saturated carbocycles. The van der Waals surface area contributed by atoms with Crippen LogP contribution in [-0.4, -0.2) is 33.6 Å². The number of para-hydroxylation sites is 1. The smallest absolute Gasteiger partial charge is 0.0729 e. The SMILES string of the molecule is Cn1nc(CC(O)CNC2CC2)c2ccccc21. The van der Waals surface area contributed by atoms with E-state index in [0.29, 0.717) is 19.0 Å². The number of nitrogens with one attached hydrogen (secondary N) is 1. The molecule has 0 amide bonds. The third-order valence-electron chi connectivity index (χ3n) is 3.48.